The van der Waals surface area contributed by atoms with Gasteiger partial charge in [-0.1, -0.05) is 54.8 Å². The van der Waals surface area contributed by atoms with Crippen LogP contribution < -0.4 is 10.1 Å². The van der Waals surface area contributed by atoms with Crippen molar-refractivity contribution in [3.63, 3.8) is 0 Å². The molecule has 6 heteroatoms. The van der Waals surface area contributed by atoms with Crippen molar-refractivity contribution in [1.29, 1.82) is 0 Å². The van der Waals surface area contributed by atoms with Crippen LogP contribution in [-0.4, -0.2) is 43.0 Å². The molecule has 1 saturated heterocycles. The van der Waals surface area contributed by atoms with E-state index in [4.69, 9.17) is 16.3 Å². The molecule has 1 N–H and O–H groups in total. The molecular formula is C26H31ClN2O3. The zero-order valence-electron chi connectivity index (χ0n) is 18.4. The van der Waals surface area contributed by atoms with E-state index in [-0.39, 0.29) is 29.8 Å². The summed E-state index contributed by atoms with van der Waals surface area (Å²) < 4.78 is 5.57. The van der Waals surface area contributed by atoms with E-state index in [0.29, 0.717) is 38.2 Å². The number of rotatable bonds is 7. The Morgan fingerprint density at radius 3 is 2.31 bits per heavy atom. The van der Waals surface area contributed by atoms with Crippen LogP contribution in [0.5, 0.6) is 5.75 Å². The van der Waals surface area contributed by atoms with Crippen LogP contribution in [0.25, 0.3) is 0 Å². The molecule has 2 aliphatic rings. The fourth-order valence-electron chi connectivity index (χ4n) is 4.97. The van der Waals surface area contributed by atoms with E-state index in [2.05, 4.69) is 17.4 Å². The van der Waals surface area contributed by atoms with Gasteiger partial charge in [-0.05, 0) is 55.5 Å². The fraction of sp³-hybridized carbons (Fsp3) is 0.462. The molecule has 0 spiro atoms. The molecule has 170 valence electrons. The standard InChI is InChI=1S/C26H31ClN2O3/c27-22-10-8-21(9-11-22)26(14-4-5-15-26)19-28-25(31)20-12-16-29(17-13-20)24(30)18-32-23-6-2-1-3-7-23/h1-3,6-11,20H,4-5,12-19H2,(H,28,31). The number of benzene rings is 2. The van der Waals surface area contributed by atoms with Gasteiger partial charge >= 0.3 is 0 Å². The number of amides is 2. The summed E-state index contributed by atoms with van der Waals surface area (Å²) in [4.78, 5) is 27.2. The summed E-state index contributed by atoms with van der Waals surface area (Å²) in [7, 11) is 0. The Labute approximate surface area is 195 Å². The molecule has 1 heterocycles. The first-order valence-electron chi connectivity index (χ1n) is 11.6. The molecule has 0 aromatic heterocycles. The second kappa shape index (κ2) is 10.4. The van der Waals surface area contributed by atoms with Gasteiger partial charge < -0.3 is 15.0 Å². The van der Waals surface area contributed by atoms with Gasteiger partial charge in [-0.25, -0.2) is 0 Å². The summed E-state index contributed by atoms with van der Waals surface area (Å²) in [5.74, 6) is 0.729. The van der Waals surface area contributed by atoms with Gasteiger partial charge in [0.25, 0.3) is 5.91 Å². The van der Waals surface area contributed by atoms with E-state index < -0.39 is 0 Å². The number of para-hydroxylation sites is 1. The number of piperidine rings is 1. The van der Waals surface area contributed by atoms with Crippen LogP contribution >= 0.6 is 11.6 Å². The summed E-state index contributed by atoms with van der Waals surface area (Å²) in [6.45, 7) is 1.89. The molecule has 4 rings (SSSR count). The Morgan fingerprint density at radius 1 is 1.00 bits per heavy atom. The largest absolute Gasteiger partial charge is 0.484 e. The molecular weight excluding hydrogens is 424 g/mol. The average Bonchev–Trinajstić information content (AvgIpc) is 3.32. The highest BCUT2D eigenvalue weighted by Gasteiger charge is 2.37. The molecule has 5 nitrogen and oxygen atoms in total. The van der Waals surface area contributed by atoms with E-state index in [1.165, 1.54) is 18.4 Å². The number of carbonyl (C=O) groups excluding carboxylic acids is 2. The lowest BCUT2D eigenvalue weighted by atomic mass is 9.78. The van der Waals surface area contributed by atoms with Gasteiger partial charge in [0, 0.05) is 36.0 Å². The van der Waals surface area contributed by atoms with Crippen LogP contribution in [0, 0.1) is 5.92 Å². The summed E-state index contributed by atoms with van der Waals surface area (Å²) >= 11 is 6.07. The van der Waals surface area contributed by atoms with E-state index in [1.54, 1.807) is 4.90 Å². The van der Waals surface area contributed by atoms with Crippen LogP contribution in [0.4, 0.5) is 0 Å². The van der Waals surface area contributed by atoms with Gasteiger partial charge in [0.1, 0.15) is 5.75 Å². The molecule has 0 unspecified atom stereocenters. The molecule has 2 aromatic rings. The van der Waals surface area contributed by atoms with Crippen LogP contribution in [0.1, 0.15) is 44.1 Å². The summed E-state index contributed by atoms with van der Waals surface area (Å²) in [6.07, 6.45) is 5.92. The number of likely N-dealkylation sites (tertiary alicyclic amines) is 1. The van der Waals surface area contributed by atoms with E-state index in [0.717, 1.165) is 17.9 Å². The smallest absolute Gasteiger partial charge is 0.260 e. The number of carbonyl (C=O) groups is 2. The number of nitrogens with one attached hydrogen (secondary N) is 1. The van der Waals surface area contributed by atoms with Gasteiger partial charge in [-0.3, -0.25) is 9.59 Å². The summed E-state index contributed by atoms with van der Waals surface area (Å²) in [6, 6.07) is 17.4. The van der Waals surface area contributed by atoms with Gasteiger partial charge in [0.05, 0.1) is 0 Å². The Morgan fingerprint density at radius 2 is 1.66 bits per heavy atom. The molecule has 1 aliphatic heterocycles. The predicted octanol–water partition coefficient (Wildman–Crippen LogP) is 4.59. The molecule has 2 amide bonds. The molecule has 0 atom stereocenters. The molecule has 1 aliphatic carbocycles. The highest BCUT2D eigenvalue weighted by atomic mass is 35.5. The first kappa shape index (κ1) is 22.7. The highest BCUT2D eigenvalue weighted by Crippen LogP contribution is 2.41. The first-order chi connectivity index (χ1) is 15.6. The number of halogens is 1. The van der Waals surface area contributed by atoms with Gasteiger partial charge in [-0.2, -0.15) is 0 Å². The summed E-state index contributed by atoms with van der Waals surface area (Å²) in [5, 5.41) is 3.98. The lowest BCUT2D eigenvalue weighted by Crippen LogP contribution is -2.46. The van der Waals surface area contributed by atoms with Gasteiger partial charge in [0.15, 0.2) is 6.61 Å². The van der Waals surface area contributed by atoms with Gasteiger partial charge in [0.2, 0.25) is 5.91 Å². The van der Waals surface area contributed by atoms with Crippen molar-refractivity contribution >= 4 is 23.4 Å². The minimum atomic E-state index is -0.0437. The topological polar surface area (TPSA) is 58.6 Å². The van der Waals surface area contributed by atoms with Crippen molar-refractivity contribution in [3.8, 4) is 5.75 Å². The molecule has 0 radical (unpaired) electrons. The molecule has 2 aromatic carbocycles. The minimum Gasteiger partial charge on any atom is -0.484 e. The normalized spacial score (nSPS) is 18.3. The van der Waals surface area contributed by atoms with Crippen LogP contribution in [0.3, 0.4) is 0 Å². The van der Waals surface area contributed by atoms with Crippen molar-refractivity contribution in [3.05, 3.63) is 65.2 Å². The first-order valence-corrected chi connectivity index (χ1v) is 11.9. The molecule has 1 saturated carbocycles. The number of hydrogen-bond donors (Lipinski definition) is 1. The summed E-state index contributed by atoms with van der Waals surface area (Å²) in [5.41, 5.74) is 1.27. The van der Waals surface area contributed by atoms with Crippen molar-refractivity contribution in [2.75, 3.05) is 26.2 Å². The molecule has 32 heavy (non-hydrogen) atoms. The third kappa shape index (κ3) is 5.44. The van der Waals surface area contributed by atoms with Crippen LogP contribution in [0.15, 0.2) is 54.6 Å². The number of ether oxygens (including phenoxy) is 1. The average molecular weight is 455 g/mol. The van der Waals surface area contributed by atoms with Gasteiger partial charge in [-0.15, -0.1) is 0 Å². The third-order valence-electron chi connectivity index (χ3n) is 6.94. The van der Waals surface area contributed by atoms with Crippen molar-refractivity contribution < 1.29 is 14.3 Å². The Hall–Kier alpha value is -2.53. The Balaban J connectivity index is 1.25. The maximum absolute atomic E-state index is 12.9. The molecule has 0 bridgehead atoms. The van der Waals surface area contributed by atoms with Crippen molar-refractivity contribution in [2.24, 2.45) is 5.92 Å². The van der Waals surface area contributed by atoms with Crippen molar-refractivity contribution in [2.45, 2.75) is 43.9 Å². The van der Waals surface area contributed by atoms with E-state index in [9.17, 15) is 9.59 Å². The lowest BCUT2D eigenvalue weighted by Gasteiger charge is -2.33. The monoisotopic (exact) mass is 454 g/mol. The van der Waals surface area contributed by atoms with E-state index >= 15 is 0 Å². The second-order valence-electron chi connectivity index (χ2n) is 8.97. The third-order valence-corrected chi connectivity index (χ3v) is 7.19. The Bertz CT molecular complexity index is 902. The minimum absolute atomic E-state index is 0.00565. The molecule has 2 fully saturated rings. The number of hydrogen-bond acceptors (Lipinski definition) is 3. The van der Waals surface area contributed by atoms with E-state index in [1.807, 2.05) is 42.5 Å². The SMILES string of the molecule is O=C(NCC1(c2ccc(Cl)cc2)CCCC1)C1CCN(C(=O)COc2ccccc2)CC1. The Kier molecular flexibility index (Phi) is 7.36. The maximum atomic E-state index is 12.9. The second-order valence-corrected chi connectivity index (χ2v) is 9.41. The zero-order chi connectivity index (χ0) is 22.4. The zero-order valence-corrected chi connectivity index (χ0v) is 19.2. The maximum Gasteiger partial charge on any atom is 0.260 e. The van der Waals surface area contributed by atoms with Crippen LogP contribution in [0.2, 0.25) is 5.02 Å². The quantitative estimate of drug-likeness (QED) is 0.665. The lowest BCUT2D eigenvalue weighted by molar-refractivity contribution is -0.137. The predicted molar refractivity (Wildman–Crippen MR) is 126 cm³/mol. The highest BCUT2D eigenvalue weighted by molar-refractivity contribution is 6.30. The number of nitrogens with zero attached hydrogens (tertiary/aromatic N) is 1. The van der Waals surface area contributed by atoms with Crippen LogP contribution in [-0.2, 0) is 15.0 Å². The fourth-order valence-corrected chi connectivity index (χ4v) is 5.09. The van der Waals surface area contributed by atoms with Crippen molar-refractivity contribution in [1.82, 2.24) is 10.2 Å².